The van der Waals surface area contributed by atoms with Crippen molar-refractivity contribution in [2.75, 3.05) is 11.5 Å². The summed E-state index contributed by atoms with van der Waals surface area (Å²) in [4.78, 5) is 57.4. The van der Waals surface area contributed by atoms with Gasteiger partial charge in [-0.2, -0.15) is 9.36 Å². The third kappa shape index (κ3) is 8.74. The molecular weight excluding hydrogens is 900 g/mol. The number of fused-ring (bicyclic) bond motifs is 1. The Morgan fingerprint density at radius 3 is 2.24 bits per heavy atom. The van der Waals surface area contributed by atoms with Gasteiger partial charge in [-0.3, -0.25) is 14.5 Å². The van der Waals surface area contributed by atoms with Crippen LogP contribution in [-0.4, -0.2) is 62.0 Å². The highest BCUT2D eigenvalue weighted by atomic mass is 127. The standard InChI is InChI=1S/C38H31Cl2N5O5S3.HI/c1-23-44(42-38(49)43-17-9-4-10-18-43)20-30(53-23)27-21-52-36-32(41-31(46)22-51-26-15-16-28(39)29(40)19-26)35(47)45(36)33(27)37(48)50-34(24-11-5-2-6-12-24)25-13-7-3-8-14-25;/h2-20,23,32,34,36H,21-22H2,1H3,(H-,41,42,46,49);1H. The fourth-order valence-electron chi connectivity index (χ4n) is 5.95. The number of halogens is 3. The van der Waals surface area contributed by atoms with Crippen LogP contribution < -0.4 is 39.3 Å². The fourth-order valence-corrected chi connectivity index (χ4v) is 9.60. The normalized spacial score (nSPS) is 19.0. The number of β-lactam (4-membered cyclic amide) rings is 1. The van der Waals surface area contributed by atoms with Gasteiger partial charge in [0, 0.05) is 21.1 Å². The minimum atomic E-state index is -0.840. The van der Waals surface area contributed by atoms with Gasteiger partial charge in [-0.25, -0.2) is 9.80 Å². The molecule has 3 aromatic carbocycles. The van der Waals surface area contributed by atoms with Gasteiger partial charge in [-0.15, -0.1) is 28.9 Å². The summed E-state index contributed by atoms with van der Waals surface area (Å²) in [5.41, 5.74) is 5.16. The second-order valence-corrected chi connectivity index (χ2v) is 16.4. The Morgan fingerprint density at radius 2 is 1.59 bits per heavy atom. The van der Waals surface area contributed by atoms with Crippen LogP contribution in [0.2, 0.25) is 10.0 Å². The van der Waals surface area contributed by atoms with Crippen LogP contribution >= 0.6 is 58.5 Å². The number of amides is 3. The van der Waals surface area contributed by atoms with Crippen molar-refractivity contribution in [1.29, 1.82) is 0 Å². The number of nitrogens with zero attached hydrogens (tertiary/aromatic N) is 3. The molecule has 1 saturated heterocycles. The summed E-state index contributed by atoms with van der Waals surface area (Å²) in [7, 11) is 0. The zero-order valence-corrected chi connectivity index (χ0v) is 34.6. The monoisotopic (exact) mass is 931 g/mol. The van der Waals surface area contributed by atoms with Gasteiger partial charge in [0.1, 0.15) is 22.5 Å². The number of carbonyl (C=O) groups excluding carboxylic acids is 4. The van der Waals surface area contributed by atoms with E-state index in [1.807, 2.05) is 73.7 Å². The van der Waals surface area contributed by atoms with Crippen LogP contribution in [0, 0.1) is 0 Å². The maximum atomic E-state index is 14.5. The molecule has 1 fully saturated rings. The Hall–Kier alpha value is -3.67. The summed E-state index contributed by atoms with van der Waals surface area (Å²) in [5, 5.41) is 4.59. The number of ether oxygens (including phenoxy) is 1. The minimum absolute atomic E-state index is 0. The van der Waals surface area contributed by atoms with Crippen LogP contribution in [0.5, 0.6) is 0 Å². The third-order valence-electron chi connectivity index (χ3n) is 8.59. The number of carbonyl (C=O) groups is 4. The molecule has 3 atom stereocenters. The quantitative estimate of drug-likeness (QED) is 0.0809. The molecule has 3 aliphatic heterocycles. The average molecular weight is 933 g/mol. The summed E-state index contributed by atoms with van der Waals surface area (Å²) in [6.07, 6.45) is 4.32. The largest absolute Gasteiger partial charge is 1.00 e. The van der Waals surface area contributed by atoms with E-state index in [9.17, 15) is 19.2 Å². The number of esters is 1. The molecule has 2 N–H and O–H groups in total. The van der Waals surface area contributed by atoms with Gasteiger partial charge in [0.05, 0.1) is 34.4 Å². The molecule has 16 heteroatoms. The Morgan fingerprint density at radius 1 is 0.944 bits per heavy atom. The first-order valence-electron chi connectivity index (χ1n) is 16.5. The molecule has 7 rings (SSSR count). The SMILES string of the molecule is CC1SC(C2=C(C(=O)OC(c3ccccc3)c3ccccc3)N3C(=O)C(NC(=O)CSc4ccc(Cl)c(Cl)c4)C3SC2)=CN1NC(=O)[n+]1ccccc1.[I-]. The van der Waals surface area contributed by atoms with Crippen LogP contribution in [0.3, 0.4) is 0 Å². The minimum Gasteiger partial charge on any atom is -1.00 e. The molecule has 0 saturated carbocycles. The lowest BCUT2D eigenvalue weighted by Gasteiger charge is -2.49. The molecule has 278 valence electrons. The van der Waals surface area contributed by atoms with Crippen LogP contribution in [0.4, 0.5) is 4.79 Å². The van der Waals surface area contributed by atoms with Crippen molar-refractivity contribution < 1.29 is 52.5 Å². The molecule has 4 heterocycles. The Bertz CT molecular complexity index is 2080. The number of allylic oxidation sites excluding steroid dienone is 1. The van der Waals surface area contributed by atoms with Gasteiger partial charge in [0.2, 0.25) is 5.91 Å². The lowest BCUT2D eigenvalue weighted by atomic mass is 10.0. The lowest BCUT2D eigenvalue weighted by molar-refractivity contribution is -0.573. The van der Waals surface area contributed by atoms with E-state index in [-0.39, 0.29) is 52.7 Å². The van der Waals surface area contributed by atoms with Crippen molar-refractivity contribution in [3.8, 4) is 0 Å². The van der Waals surface area contributed by atoms with Gasteiger partial charge in [-0.05, 0) is 48.4 Å². The molecule has 0 radical (unpaired) electrons. The number of aromatic nitrogens is 1. The number of rotatable bonds is 10. The molecule has 3 aliphatic rings. The highest BCUT2D eigenvalue weighted by molar-refractivity contribution is 8.04. The highest BCUT2D eigenvalue weighted by Crippen LogP contribution is 2.47. The first-order chi connectivity index (χ1) is 25.7. The van der Waals surface area contributed by atoms with Gasteiger partial charge in [0.15, 0.2) is 6.10 Å². The van der Waals surface area contributed by atoms with Gasteiger partial charge < -0.3 is 34.0 Å². The van der Waals surface area contributed by atoms with Crippen molar-refractivity contribution in [3.63, 3.8) is 0 Å². The number of nitrogens with one attached hydrogen (secondary N) is 2. The van der Waals surface area contributed by atoms with Crippen molar-refractivity contribution in [2.24, 2.45) is 0 Å². The molecule has 1 aromatic heterocycles. The second-order valence-electron chi connectivity index (χ2n) is 12.1. The van der Waals surface area contributed by atoms with Crippen molar-refractivity contribution in [3.05, 3.63) is 153 Å². The summed E-state index contributed by atoms with van der Waals surface area (Å²) >= 11 is 16.3. The van der Waals surface area contributed by atoms with E-state index < -0.39 is 29.4 Å². The van der Waals surface area contributed by atoms with Crippen molar-refractivity contribution >= 4 is 82.3 Å². The first kappa shape index (κ1) is 40.0. The lowest BCUT2D eigenvalue weighted by Crippen LogP contribution is -3.00. The van der Waals surface area contributed by atoms with Crippen molar-refractivity contribution in [1.82, 2.24) is 20.7 Å². The predicted molar refractivity (Wildman–Crippen MR) is 208 cm³/mol. The van der Waals surface area contributed by atoms with Crippen LogP contribution in [0.15, 0.2) is 137 Å². The zero-order valence-electron chi connectivity index (χ0n) is 28.4. The molecular formula is C38H32Cl2IN5O5S3. The third-order valence-corrected chi connectivity index (χ3v) is 12.8. The Labute approximate surface area is 352 Å². The van der Waals surface area contributed by atoms with E-state index in [2.05, 4.69) is 10.7 Å². The van der Waals surface area contributed by atoms with E-state index >= 15 is 0 Å². The number of hydrogen-bond acceptors (Lipinski definition) is 9. The van der Waals surface area contributed by atoms with Crippen molar-refractivity contribution in [2.45, 2.75) is 34.7 Å². The summed E-state index contributed by atoms with van der Waals surface area (Å²) < 4.78 is 7.74. The molecule has 54 heavy (non-hydrogen) atoms. The van der Waals surface area contributed by atoms with Crippen LogP contribution in [0.25, 0.3) is 0 Å². The Balaban J connectivity index is 0.00000497. The summed E-state index contributed by atoms with van der Waals surface area (Å²) in [6.45, 7) is 1.93. The Kier molecular flexibility index (Phi) is 13.2. The predicted octanol–water partition coefficient (Wildman–Crippen LogP) is 3.77. The summed E-state index contributed by atoms with van der Waals surface area (Å²) in [6, 6.07) is 28.1. The first-order valence-corrected chi connectivity index (χ1v) is 20.2. The van der Waals surface area contributed by atoms with E-state index in [4.69, 9.17) is 27.9 Å². The maximum absolute atomic E-state index is 14.5. The van der Waals surface area contributed by atoms with E-state index in [0.717, 1.165) is 16.0 Å². The number of pyridine rings is 1. The number of benzene rings is 3. The number of thioether (sulfide) groups is 3. The van der Waals surface area contributed by atoms with Crippen LogP contribution in [-0.2, 0) is 19.1 Å². The molecule has 0 aliphatic carbocycles. The highest BCUT2D eigenvalue weighted by Gasteiger charge is 2.55. The molecule has 0 bridgehead atoms. The maximum Gasteiger partial charge on any atom is 0.519 e. The topological polar surface area (TPSA) is 112 Å². The smallest absolute Gasteiger partial charge is 0.519 e. The molecule has 4 aromatic rings. The van der Waals surface area contributed by atoms with E-state index in [1.165, 1.54) is 44.8 Å². The second kappa shape index (κ2) is 17.9. The van der Waals surface area contributed by atoms with E-state index in [1.54, 1.807) is 53.9 Å². The summed E-state index contributed by atoms with van der Waals surface area (Å²) in [5.74, 6) is -1.02. The molecule has 3 amide bonds. The zero-order chi connectivity index (χ0) is 37.1. The average Bonchev–Trinajstić information content (AvgIpc) is 3.55. The van der Waals surface area contributed by atoms with Gasteiger partial charge >= 0.3 is 12.0 Å². The number of hydrazine groups is 1. The molecule has 10 nitrogen and oxygen atoms in total. The van der Waals surface area contributed by atoms with Crippen LogP contribution in [0.1, 0.15) is 24.2 Å². The molecule has 0 spiro atoms. The van der Waals surface area contributed by atoms with E-state index in [0.29, 0.717) is 26.3 Å². The molecule has 3 unspecified atom stereocenters. The van der Waals surface area contributed by atoms with Gasteiger partial charge in [-0.1, -0.05) is 102 Å². The fraction of sp³-hybridized carbons (Fsp3) is 0.184. The van der Waals surface area contributed by atoms with Gasteiger partial charge in [0.25, 0.3) is 5.91 Å². The number of hydrogen-bond donors (Lipinski definition) is 2.